The van der Waals surface area contributed by atoms with Gasteiger partial charge in [-0.3, -0.25) is 0 Å². The van der Waals surface area contributed by atoms with Crippen molar-refractivity contribution in [3.63, 3.8) is 0 Å². The van der Waals surface area contributed by atoms with Crippen molar-refractivity contribution in [2.45, 2.75) is 38.8 Å². The minimum Gasteiger partial charge on any atom is -0.344 e. The Labute approximate surface area is 60.3 Å². The summed E-state index contributed by atoms with van der Waals surface area (Å²) in [7, 11) is 0. The summed E-state index contributed by atoms with van der Waals surface area (Å²) in [5.41, 5.74) is 0. The summed E-state index contributed by atoms with van der Waals surface area (Å²) in [4.78, 5) is 10.3. The van der Waals surface area contributed by atoms with Crippen LogP contribution in [0, 0.1) is 0 Å². The Bertz CT molecular complexity index is 142. The molecule has 1 saturated heterocycles. The Hall–Kier alpha value is -0.410. The first-order chi connectivity index (χ1) is 4.55. The molecule has 1 fully saturated rings. The van der Waals surface area contributed by atoms with Crippen LogP contribution >= 0.6 is 0 Å². The second kappa shape index (κ2) is 2.32. The number of ether oxygens (including phenoxy) is 2. The molecule has 1 heterocycles. The fourth-order valence-corrected chi connectivity index (χ4v) is 1.10. The third kappa shape index (κ3) is 1.36. The van der Waals surface area contributed by atoms with Crippen molar-refractivity contribution < 1.29 is 14.3 Å². The molecule has 1 aliphatic heterocycles. The molecular formula is C7H12O3. The van der Waals surface area contributed by atoms with Crippen LogP contribution in [0.25, 0.3) is 0 Å². The molecule has 0 aromatic carbocycles. The van der Waals surface area contributed by atoms with Gasteiger partial charge in [0, 0.05) is 0 Å². The van der Waals surface area contributed by atoms with E-state index >= 15 is 0 Å². The smallest absolute Gasteiger partial charge is 0.164 e. The average molecular weight is 144 g/mol. The van der Waals surface area contributed by atoms with Gasteiger partial charge in [-0.25, -0.2) is 0 Å². The van der Waals surface area contributed by atoms with Gasteiger partial charge in [0.15, 0.2) is 12.1 Å². The zero-order valence-electron chi connectivity index (χ0n) is 6.46. The van der Waals surface area contributed by atoms with Crippen molar-refractivity contribution in [2.24, 2.45) is 0 Å². The van der Waals surface area contributed by atoms with Gasteiger partial charge in [0.25, 0.3) is 0 Å². The van der Waals surface area contributed by atoms with Crippen molar-refractivity contribution in [2.75, 3.05) is 0 Å². The maximum absolute atomic E-state index is 10.3. The number of carbonyl (C=O) groups excluding carboxylic acids is 1. The Balaban J connectivity index is 2.60. The molecule has 0 N–H and O–H groups in total. The minimum atomic E-state index is -0.592. The largest absolute Gasteiger partial charge is 0.344 e. The van der Waals surface area contributed by atoms with Gasteiger partial charge in [-0.15, -0.1) is 0 Å². The zero-order chi connectivity index (χ0) is 7.78. The molecule has 10 heavy (non-hydrogen) atoms. The van der Waals surface area contributed by atoms with E-state index in [1.807, 2.05) is 6.92 Å². The van der Waals surface area contributed by atoms with E-state index in [1.165, 1.54) is 0 Å². The molecule has 3 heteroatoms. The number of hydrogen-bond donors (Lipinski definition) is 0. The Morgan fingerprint density at radius 3 is 2.20 bits per heavy atom. The molecule has 3 nitrogen and oxygen atoms in total. The van der Waals surface area contributed by atoms with Crippen LogP contribution < -0.4 is 0 Å². The van der Waals surface area contributed by atoms with Crippen LogP contribution in [0.2, 0.25) is 0 Å². The van der Waals surface area contributed by atoms with Gasteiger partial charge < -0.3 is 14.3 Å². The van der Waals surface area contributed by atoms with Crippen molar-refractivity contribution in [1.82, 2.24) is 0 Å². The van der Waals surface area contributed by atoms with Crippen LogP contribution in [-0.4, -0.2) is 24.3 Å². The van der Waals surface area contributed by atoms with E-state index < -0.39 is 11.9 Å². The highest BCUT2D eigenvalue weighted by Crippen LogP contribution is 2.26. The monoisotopic (exact) mass is 144 g/mol. The molecule has 0 radical (unpaired) electrons. The van der Waals surface area contributed by atoms with Gasteiger partial charge >= 0.3 is 0 Å². The molecule has 0 unspecified atom stereocenters. The van der Waals surface area contributed by atoms with Gasteiger partial charge in [0.05, 0.1) is 6.10 Å². The quantitative estimate of drug-likeness (QED) is 0.509. The third-order valence-electron chi connectivity index (χ3n) is 1.49. The van der Waals surface area contributed by atoms with Crippen LogP contribution in [0.4, 0.5) is 0 Å². The summed E-state index contributed by atoms with van der Waals surface area (Å²) in [5.74, 6) is -0.592. The lowest BCUT2D eigenvalue weighted by Crippen LogP contribution is -2.22. The van der Waals surface area contributed by atoms with Gasteiger partial charge in [-0.1, -0.05) is 0 Å². The van der Waals surface area contributed by atoms with Crippen molar-refractivity contribution in [3.05, 3.63) is 0 Å². The molecule has 1 aliphatic rings. The highest BCUT2D eigenvalue weighted by molar-refractivity contribution is 5.57. The summed E-state index contributed by atoms with van der Waals surface area (Å²) < 4.78 is 10.5. The molecule has 1 rings (SSSR count). The minimum absolute atomic E-state index is 0.118. The highest BCUT2D eigenvalue weighted by atomic mass is 16.8. The van der Waals surface area contributed by atoms with E-state index in [-0.39, 0.29) is 6.10 Å². The lowest BCUT2D eigenvalue weighted by atomic mass is 10.3. The number of hydrogen-bond acceptors (Lipinski definition) is 3. The summed E-state index contributed by atoms with van der Waals surface area (Å²) in [6.45, 7) is 5.42. The van der Waals surface area contributed by atoms with Crippen LogP contribution in [-0.2, 0) is 14.3 Å². The van der Waals surface area contributed by atoms with E-state index in [4.69, 9.17) is 9.47 Å². The second-order valence-corrected chi connectivity index (χ2v) is 2.94. The maximum Gasteiger partial charge on any atom is 0.164 e. The fraction of sp³-hybridized carbons (Fsp3) is 0.857. The predicted octanol–water partition coefficient (Wildman–Crippen LogP) is 0.725. The first kappa shape index (κ1) is 7.69. The molecule has 58 valence electrons. The summed E-state index contributed by atoms with van der Waals surface area (Å²) in [5, 5.41) is 0. The van der Waals surface area contributed by atoms with Crippen LogP contribution in [0.3, 0.4) is 0 Å². The van der Waals surface area contributed by atoms with Gasteiger partial charge in [0.1, 0.15) is 6.10 Å². The predicted molar refractivity (Wildman–Crippen MR) is 35.6 cm³/mol. The topological polar surface area (TPSA) is 35.5 Å². The summed E-state index contributed by atoms with van der Waals surface area (Å²) in [6, 6.07) is 0. The molecule has 2 atom stereocenters. The zero-order valence-corrected chi connectivity index (χ0v) is 6.46. The summed E-state index contributed by atoms with van der Waals surface area (Å²) in [6.07, 6.45) is 0.266. The Morgan fingerprint density at radius 1 is 1.40 bits per heavy atom. The lowest BCUT2D eigenvalue weighted by molar-refractivity contribution is -0.149. The van der Waals surface area contributed by atoms with Crippen molar-refractivity contribution in [1.29, 1.82) is 0 Å². The first-order valence-electron chi connectivity index (χ1n) is 3.36. The third-order valence-corrected chi connectivity index (χ3v) is 1.49. The highest BCUT2D eigenvalue weighted by Gasteiger charge is 2.38. The maximum atomic E-state index is 10.3. The molecule has 0 amide bonds. The van der Waals surface area contributed by atoms with E-state index in [9.17, 15) is 4.79 Å². The average Bonchev–Trinajstić information content (AvgIpc) is 2.05. The molecule has 0 aliphatic carbocycles. The molecular weight excluding hydrogens is 132 g/mol. The number of aldehydes is 1. The summed E-state index contributed by atoms with van der Waals surface area (Å²) >= 11 is 0. The molecule has 0 bridgehead atoms. The van der Waals surface area contributed by atoms with Crippen LogP contribution in [0.5, 0.6) is 0 Å². The normalized spacial score (nSPS) is 37.9. The van der Waals surface area contributed by atoms with E-state index in [2.05, 4.69) is 0 Å². The fourth-order valence-electron chi connectivity index (χ4n) is 1.10. The SMILES string of the molecule is C[C@@H]1OC(C)(C)O[C@@H]1C=O. The molecule has 0 saturated carbocycles. The van der Waals surface area contributed by atoms with E-state index in [1.54, 1.807) is 13.8 Å². The number of rotatable bonds is 1. The molecule has 0 spiro atoms. The number of carbonyl (C=O) groups is 1. The van der Waals surface area contributed by atoms with E-state index in [0.717, 1.165) is 6.29 Å². The second-order valence-electron chi connectivity index (χ2n) is 2.94. The van der Waals surface area contributed by atoms with Gasteiger partial charge in [0.2, 0.25) is 0 Å². The van der Waals surface area contributed by atoms with Crippen LogP contribution in [0.15, 0.2) is 0 Å². The first-order valence-corrected chi connectivity index (χ1v) is 3.36. The van der Waals surface area contributed by atoms with Crippen molar-refractivity contribution >= 4 is 6.29 Å². The van der Waals surface area contributed by atoms with Crippen molar-refractivity contribution in [3.8, 4) is 0 Å². The van der Waals surface area contributed by atoms with Crippen LogP contribution in [0.1, 0.15) is 20.8 Å². The Kier molecular flexibility index (Phi) is 1.79. The van der Waals surface area contributed by atoms with Gasteiger partial charge in [-0.2, -0.15) is 0 Å². The van der Waals surface area contributed by atoms with Gasteiger partial charge in [-0.05, 0) is 20.8 Å². The standard InChI is InChI=1S/C7H12O3/c1-5-6(4-8)10-7(2,3)9-5/h4-6H,1-3H3/t5-,6+/m0/s1. The molecule has 0 aromatic heterocycles. The molecule has 0 aromatic rings. The van der Waals surface area contributed by atoms with E-state index in [0.29, 0.717) is 0 Å². The Morgan fingerprint density at radius 2 is 2.00 bits per heavy atom. The lowest BCUT2D eigenvalue weighted by Gasteiger charge is -2.15.